The van der Waals surface area contributed by atoms with E-state index in [1.807, 2.05) is 42.5 Å². The Bertz CT molecular complexity index is 1320. The van der Waals surface area contributed by atoms with Crippen LogP contribution in [0.25, 0.3) is 22.0 Å². The maximum absolute atomic E-state index is 12.8. The van der Waals surface area contributed by atoms with E-state index < -0.39 is 0 Å². The third-order valence-corrected chi connectivity index (χ3v) is 6.11. The van der Waals surface area contributed by atoms with Gasteiger partial charge in [-0.25, -0.2) is 10.5 Å². The van der Waals surface area contributed by atoms with Gasteiger partial charge in [0.2, 0.25) is 5.91 Å². The summed E-state index contributed by atoms with van der Waals surface area (Å²) in [6.07, 6.45) is 3.51. The maximum Gasteiger partial charge on any atom is 0.270 e. The van der Waals surface area contributed by atoms with Crippen molar-refractivity contribution in [2.75, 3.05) is 6.54 Å². The van der Waals surface area contributed by atoms with E-state index in [2.05, 4.69) is 46.7 Å². The molecule has 4 rings (SSSR count). The van der Waals surface area contributed by atoms with E-state index in [0.29, 0.717) is 43.0 Å². The van der Waals surface area contributed by atoms with Crippen LogP contribution in [-0.4, -0.2) is 28.6 Å². The number of carbonyl (C=O) groups is 2. The number of amides is 2. The van der Waals surface area contributed by atoms with Crippen molar-refractivity contribution in [1.29, 1.82) is 0 Å². The highest BCUT2D eigenvalue weighted by Gasteiger charge is 2.13. The minimum Gasteiger partial charge on any atom is -0.488 e. The zero-order valence-corrected chi connectivity index (χ0v) is 20.7. The van der Waals surface area contributed by atoms with Crippen molar-refractivity contribution in [3.63, 3.8) is 0 Å². The van der Waals surface area contributed by atoms with Gasteiger partial charge in [0.25, 0.3) is 5.91 Å². The number of hydrogen-bond donors (Lipinski definition) is 3. The Labute approximate surface area is 216 Å². The second kappa shape index (κ2) is 13.2. The molecule has 0 bridgehead atoms. The fourth-order valence-electron chi connectivity index (χ4n) is 4.08. The number of ether oxygens (including phenoxy) is 1. The molecule has 7 heteroatoms. The first-order valence-electron chi connectivity index (χ1n) is 12.5. The van der Waals surface area contributed by atoms with Gasteiger partial charge < -0.3 is 10.1 Å². The third kappa shape index (κ3) is 7.38. The van der Waals surface area contributed by atoms with Gasteiger partial charge >= 0.3 is 0 Å². The summed E-state index contributed by atoms with van der Waals surface area (Å²) >= 11 is 0. The van der Waals surface area contributed by atoms with Gasteiger partial charge in [-0.2, -0.15) is 0 Å². The summed E-state index contributed by atoms with van der Waals surface area (Å²) in [5.41, 5.74) is 5.99. The summed E-state index contributed by atoms with van der Waals surface area (Å²) in [5.74, 6) is -0.00887. The quantitative estimate of drug-likeness (QED) is 0.133. The van der Waals surface area contributed by atoms with E-state index in [4.69, 9.17) is 9.94 Å². The molecule has 37 heavy (non-hydrogen) atoms. The minimum absolute atomic E-state index is 0.248. The van der Waals surface area contributed by atoms with E-state index in [1.54, 1.807) is 11.5 Å². The molecule has 0 unspecified atom stereocenters. The van der Waals surface area contributed by atoms with Crippen molar-refractivity contribution in [3.05, 3.63) is 96.2 Å². The topological polar surface area (TPSA) is 101 Å². The molecule has 0 aliphatic rings. The number of fused-ring (bicyclic) bond motifs is 1. The number of hydrogen-bond acceptors (Lipinski definition) is 5. The molecule has 3 aromatic carbocycles. The van der Waals surface area contributed by atoms with Crippen molar-refractivity contribution in [2.45, 2.75) is 38.7 Å². The molecule has 4 aromatic rings. The predicted octanol–water partition coefficient (Wildman–Crippen LogP) is 5.67. The fraction of sp³-hybridized carbons (Fsp3) is 0.233. The molecule has 190 valence electrons. The molecule has 2 amide bonds. The second-order valence-electron chi connectivity index (χ2n) is 8.83. The van der Waals surface area contributed by atoms with E-state index in [9.17, 15) is 9.59 Å². The van der Waals surface area contributed by atoms with Crippen molar-refractivity contribution >= 4 is 22.7 Å². The molecule has 0 atom stereocenters. The summed E-state index contributed by atoms with van der Waals surface area (Å²) in [6.45, 7) is 0.891. The van der Waals surface area contributed by atoms with E-state index in [1.165, 1.54) is 5.56 Å². The fourth-order valence-corrected chi connectivity index (χ4v) is 4.08. The molecule has 1 heterocycles. The number of nitrogens with zero attached hydrogens (tertiary/aromatic N) is 1. The second-order valence-corrected chi connectivity index (χ2v) is 8.83. The molecule has 1 aromatic heterocycles. The van der Waals surface area contributed by atoms with Crippen LogP contribution in [0, 0.1) is 0 Å². The van der Waals surface area contributed by atoms with Crippen LogP contribution in [0.15, 0.2) is 84.9 Å². The summed E-state index contributed by atoms with van der Waals surface area (Å²) in [5, 5.41) is 12.3. The number of aromatic nitrogens is 1. The first kappa shape index (κ1) is 25.9. The van der Waals surface area contributed by atoms with Gasteiger partial charge in [0.05, 0.1) is 5.52 Å². The third-order valence-electron chi connectivity index (χ3n) is 6.11. The smallest absolute Gasteiger partial charge is 0.270 e. The number of unbranched alkanes of at least 4 members (excludes halogenated alkanes) is 3. The molecule has 0 spiro atoms. The Balaban J connectivity index is 1.35. The zero-order chi connectivity index (χ0) is 25.9. The summed E-state index contributed by atoms with van der Waals surface area (Å²) in [4.78, 5) is 28.4. The zero-order valence-electron chi connectivity index (χ0n) is 20.7. The van der Waals surface area contributed by atoms with E-state index in [0.717, 1.165) is 35.8 Å². The van der Waals surface area contributed by atoms with Crippen LogP contribution in [0.2, 0.25) is 0 Å². The van der Waals surface area contributed by atoms with Crippen LogP contribution >= 0.6 is 0 Å². The van der Waals surface area contributed by atoms with Gasteiger partial charge in [-0.3, -0.25) is 14.8 Å². The highest BCUT2D eigenvalue weighted by molar-refractivity contribution is 5.97. The van der Waals surface area contributed by atoms with Gasteiger partial charge in [-0.05, 0) is 41.7 Å². The monoisotopic (exact) mass is 497 g/mol. The van der Waals surface area contributed by atoms with Crippen LogP contribution in [0.4, 0.5) is 0 Å². The molecular formula is C30H31N3O4. The van der Waals surface area contributed by atoms with Gasteiger partial charge in [-0.1, -0.05) is 79.6 Å². The molecule has 0 aliphatic heterocycles. The lowest BCUT2D eigenvalue weighted by Crippen LogP contribution is -2.25. The number of carbonyl (C=O) groups excluding carboxylic acids is 2. The largest absolute Gasteiger partial charge is 0.488 e. The Hall–Kier alpha value is -4.23. The Morgan fingerprint density at radius 3 is 2.30 bits per heavy atom. The molecule has 0 fully saturated rings. The lowest BCUT2D eigenvalue weighted by atomic mass is 10.0. The predicted molar refractivity (Wildman–Crippen MR) is 143 cm³/mol. The summed E-state index contributed by atoms with van der Waals surface area (Å²) in [6, 6.07) is 27.8. The Morgan fingerprint density at radius 1 is 0.811 bits per heavy atom. The Kier molecular flexibility index (Phi) is 9.21. The van der Waals surface area contributed by atoms with Crippen molar-refractivity contribution < 1.29 is 19.5 Å². The van der Waals surface area contributed by atoms with Crippen molar-refractivity contribution in [3.8, 4) is 16.9 Å². The normalized spacial score (nSPS) is 10.7. The first-order chi connectivity index (χ1) is 18.1. The maximum atomic E-state index is 12.8. The number of pyridine rings is 1. The van der Waals surface area contributed by atoms with Gasteiger partial charge in [0.1, 0.15) is 18.1 Å². The highest BCUT2D eigenvalue weighted by atomic mass is 16.5. The molecule has 7 nitrogen and oxygen atoms in total. The van der Waals surface area contributed by atoms with Crippen LogP contribution in [0.5, 0.6) is 5.75 Å². The van der Waals surface area contributed by atoms with Gasteiger partial charge in [-0.15, -0.1) is 0 Å². The number of nitrogens with one attached hydrogen (secondary N) is 2. The molecule has 3 N–H and O–H groups in total. The number of benzene rings is 3. The molecule has 0 radical (unpaired) electrons. The SMILES string of the molecule is O=C(CCCCCCNC(=O)c1cc(OCc2ccc(-c3ccccc3)cc2)c2ccccc2n1)NO. The lowest BCUT2D eigenvalue weighted by Gasteiger charge is -2.12. The van der Waals surface area contributed by atoms with Crippen LogP contribution in [0.3, 0.4) is 0 Å². The molecular weight excluding hydrogens is 466 g/mol. The van der Waals surface area contributed by atoms with Gasteiger partial charge in [0, 0.05) is 24.4 Å². The van der Waals surface area contributed by atoms with Crippen molar-refractivity contribution in [2.24, 2.45) is 0 Å². The Morgan fingerprint density at radius 2 is 1.51 bits per heavy atom. The lowest BCUT2D eigenvalue weighted by molar-refractivity contribution is -0.129. The van der Waals surface area contributed by atoms with Crippen LogP contribution < -0.4 is 15.5 Å². The summed E-state index contributed by atoms with van der Waals surface area (Å²) < 4.78 is 6.17. The van der Waals surface area contributed by atoms with E-state index in [-0.39, 0.29) is 11.8 Å². The summed E-state index contributed by atoms with van der Waals surface area (Å²) in [7, 11) is 0. The van der Waals surface area contributed by atoms with Crippen LogP contribution in [-0.2, 0) is 11.4 Å². The van der Waals surface area contributed by atoms with E-state index >= 15 is 0 Å². The standard InChI is InChI=1S/C30H31N3O4/c34-29(33-36)14-6-1-2-9-19-31-30(35)27-20-28(25-12-7-8-13-26(25)32-27)37-21-22-15-17-24(18-16-22)23-10-4-3-5-11-23/h3-5,7-8,10-13,15-18,20,36H,1-2,6,9,14,19,21H2,(H,31,35)(H,33,34). The number of hydroxylamine groups is 1. The minimum atomic E-state index is -0.377. The molecule has 0 saturated heterocycles. The first-order valence-corrected chi connectivity index (χ1v) is 12.5. The molecule has 0 saturated carbocycles. The van der Waals surface area contributed by atoms with Crippen LogP contribution in [0.1, 0.15) is 48.2 Å². The van der Waals surface area contributed by atoms with Gasteiger partial charge in [0.15, 0.2) is 0 Å². The highest BCUT2D eigenvalue weighted by Crippen LogP contribution is 2.27. The average Bonchev–Trinajstić information content (AvgIpc) is 2.95. The number of rotatable bonds is 12. The molecule has 0 aliphatic carbocycles. The number of para-hydroxylation sites is 1. The average molecular weight is 498 g/mol. The van der Waals surface area contributed by atoms with Crippen molar-refractivity contribution in [1.82, 2.24) is 15.8 Å².